The molecule has 0 unspecified atom stereocenters. The smallest absolute Gasteiger partial charge is 0.298 e. The molecule has 5 nitrogen and oxygen atoms in total. The minimum absolute atomic E-state index is 0.141. The Morgan fingerprint density at radius 3 is 2.78 bits per heavy atom. The molecule has 0 saturated heterocycles. The summed E-state index contributed by atoms with van der Waals surface area (Å²) >= 11 is 0. The molecule has 96 valence electrons. The van der Waals surface area contributed by atoms with Crippen LogP contribution in [-0.2, 0) is 4.79 Å². The van der Waals surface area contributed by atoms with Crippen molar-refractivity contribution in [3.05, 3.63) is 44.2 Å². The van der Waals surface area contributed by atoms with Crippen LogP contribution in [0.3, 0.4) is 0 Å². The number of aromatic nitrogens is 2. The zero-order valence-electron chi connectivity index (χ0n) is 10.5. The summed E-state index contributed by atoms with van der Waals surface area (Å²) in [6, 6.07) is -0.141. The van der Waals surface area contributed by atoms with Gasteiger partial charge in [-0.2, -0.15) is 0 Å². The van der Waals surface area contributed by atoms with Gasteiger partial charge in [0.15, 0.2) is 0 Å². The highest BCUT2D eigenvalue weighted by Crippen LogP contribution is 2.33. The predicted molar refractivity (Wildman–Crippen MR) is 67.6 cm³/mol. The Bertz CT molecular complexity index is 609. The number of aryl methyl sites for hydroxylation is 1. The van der Waals surface area contributed by atoms with Crippen molar-refractivity contribution in [2.75, 3.05) is 0 Å². The van der Waals surface area contributed by atoms with Gasteiger partial charge in [-0.1, -0.05) is 13.0 Å². The van der Waals surface area contributed by atoms with Crippen LogP contribution in [-0.4, -0.2) is 15.8 Å². The molecular formula is C13H16N2O3. The Balaban J connectivity index is 2.43. The van der Waals surface area contributed by atoms with E-state index in [2.05, 4.69) is 4.98 Å². The van der Waals surface area contributed by atoms with Crippen molar-refractivity contribution in [3.8, 4) is 0 Å². The van der Waals surface area contributed by atoms with Gasteiger partial charge < -0.3 is 0 Å². The molecule has 5 heteroatoms. The van der Waals surface area contributed by atoms with Gasteiger partial charge in [0, 0.05) is 11.8 Å². The van der Waals surface area contributed by atoms with Crippen molar-refractivity contribution in [3.63, 3.8) is 0 Å². The van der Waals surface area contributed by atoms with Crippen LogP contribution >= 0.6 is 0 Å². The van der Waals surface area contributed by atoms with E-state index in [9.17, 15) is 14.4 Å². The van der Waals surface area contributed by atoms with E-state index in [0.717, 1.165) is 24.7 Å². The molecule has 1 aliphatic rings. The highest BCUT2D eigenvalue weighted by atomic mass is 16.2. The molecule has 2 atom stereocenters. The lowest BCUT2D eigenvalue weighted by molar-refractivity contribution is -0.105. The van der Waals surface area contributed by atoms with Crippen LogP contribution in [0.2, 0.25) is 0 Å². The summed E-state index contributed by atoms with van der Waals surface area (Å²) in [5.41, 5.74) is 0.462. The summed E-state index contributed by atoms with van der Waals surface area (Å²) in [6.45, 7) is 3.68. The Morgan fingerprint density at radius 2 is 2.22 bits per heavy atom. The first kappa shape index (κ1) is 12.5. The van der Waals surface area contributed by atoms with Crippen molar-refractivity contribution in [2.45, 2.75) is 32.7 Å². The maximum Gasteiger partial charge on any atom is 0.328 e. The number of H-pyrrole nitrogens is 1. The number of carbonyl (C=O) groups is 1. The summed E-state index contributed by atoms with van der Waals surface area (Å²) in [7, 11) is 0. The molecule has 0 aliphatic heterocycles. The third kappa shape index (κ3) is 2.08. The Labute approximate surface area is 104 Å². The fraction of sp³-hybridized carbons (Fsp3) is 0.462. The van der Waals surface area contributed by atoms with E-state index in [4.69, 9.17) is 0 Å². The van der Waals surface area contributed by atoms with Gasteiger partial charge in [-0.3, -0.25) is 19.1 Å². The van der Waals surface area contributed by atoms with Gasteiger partial charge in [0.05, 0.1) is 6.04 Å². The van der Waals surface area contributed by atoms with Crippen molar-refractivity contribution >= 4 is 6.29 Å². The fourth-order valence-corrected chi connectivity index (χ4v) is 2.42. The number of rotatable bonds is 3. The molecule has 1 aromatic rings. The second-order valence-electron chi connectivity index (χ2n) is 4.67. The van der Waals surface area contributed by atoms with Crippen LogP contribution in [0.15, 0.2) is 27.4 Å². The van der Waals surface area contributed by atoms with E-state index in [0.29, 0.717) is 5.56 Å². The molecule has 18 heavy (non-hydrogen) atoms. The third-order valence-corrected chi connectivity index (χ3v) is 3.51. The van der Waals surface area contributed by atoms with E-state index in [1.807, 2.05) is 13.0 Å². The quantitative estimate of drug-likeness (QED) is 0.809. The molecule has 0 saturated carbocycles. The molecule has 0 bridgehead atoms. The first-order valence-corrected chi connectivity index (χ1v) is 6.05. The number of hydrogen-bond acceptors (Lipinski definition) is 3. The van der Waals surface area contributed by atoms with Crippen molar-refractivity contribution < 1.29 is 4.79 Å². The summed E-state index contributed by atoms with van der Waals surface area (Å²) < 4.78 is 1.50. The van der Waals surface area contributed by atoms with Crippen molar-refractivity contribution in [1.82, 2.24) is 9.55 Å². The topological polar surface area (TPSA) is 71.9 Å². The molecular weight excluding hydrogens is 232 g/mol. The van der Waals surface area contributed by atoms with Gasteiger partial charge in [-0.15, -0.1) is 0 Å². The largest absolute Gasteiger partial charge is 0.328 e. The Morgan fingerprint density at radius 1 is 1.50 bits per heavy atom. The monoisotopic (exact) mass is 248 g/mol. The van der Waals surface area contributed by atoms with Crippen molar-refractivity contribution in [2.24, 2.45) is 5.92 Å². The molecule has 0 radical (unpaired) electrons. The first-order valence-electron chi connectivity index (χ1n) is 6.05. The maximum absolute atomic E-state index is 11.8. The molecule has 0 aromatic carbocycles. The zero-order valence-corrected chi connectivity index (χ0v) is 10.5. The second kappa shape index (κ2) is 4.76. The minimum atomic E-state index is -0.422. The van der Waals surface area contributed by atoms with Gasteiger partial charge in [-0.05, 0) is 31.3 Å². The van der Waals surface area contributed by atoms with Gasteiger partial charge in [0.1, 0.15) is 6.29 Å². The third-order valence-electron chi connectivity index (χ3n) is 3.51. The number of hydrogen-bond donors (Lipinski definition) is 1. The van der Waals surface area contributed by atoms with Gasteiger partial charge >= 0.3 is 5.69 Å². The second-order valence-corrected chi connectivity index (χ2v) is 4.67. The van der Waals surface area contributed by atoms with Crippen LogP contribution in [0, 0.1) is 12.8 Å². The molecule has 1 N–H and O–H groups in total. The van der Waals surface area contributed by atoms with Gasteiger partial charge in [-0.25, -0.2) is 4.79 Å². The van der Waals surface area contributed by atoms with Gasteiger partial charge in [0.25, 0.3) is 5.56 Å². The molecule has 0 fully saturated rings. The number of carbonyl (C=O) groups excluding carboxylic acids is 1. The number of aldehydes is 1. The van der Waals surface area contributed by atoms with Crippen LogP contribution in [0.5, 0.6) is 0 Å². The lowest BCUT2D eigenvalue weighted by Gasteiger charge is -2.14. The lowest BCUT2D eigenvalue weighted by atomic mass is 9.99. The summed E-state index contributed by atoms with van der Waals surface area (Å²) in [4.78, 5) is 36.3. The average molecular weight is 248 g/mol. The number of nitrogens with one attached hydrogen (secondary N) is 1. The Kier molecular flexibility index (Phi) is 3.32. The molecule has 0 amide bonds. The maximum atomic E-state index is 11.8. The van der Waals surface area contributed by atoms with E-state index < -0.39 is 5.69 Å². The number of aromatic amines is 1. The summed E-state index contributed by atoms with van der Waals surface area (Å²) in [6.07, 6.45) is 5.84. The predicted octanol–water partition coefficient (Wildman–Crippen LogP) is 0.941. The van der Waals surface area contributed by atoms with E-state index in [-0.39, 0.29) is 17.5 Å². The Hall–Kier alpha value is -1.91. The van der Waals surface area contributed by atoms with Crippen molar-refractivity contribution in [1.29, 1.82) is 0 Å². The first-order chi connectivity index (χ1) is 8.56. The summed E-state index contributed by atoms with van der Waals surface area (Å²) in [5, 5.41) is 0. The van der Waals surface area contributed by atoms with Crippen LogP contribution in [0.4, 0.5) is 0 Å². The van der Waals surface area contributed by atoms with Crippen LogP contribution in [0.1, 0.15) is 31.4 Å². The normalized spacial score (nSPS) is 22.9. The molecule has 2 rings (SSSR count). The molecule has 1 aliphatic carbocycles. The van der Waals surface area contributed by atoms with E-state index in [1.54, 1.807) is 13.1 Å². The van der Waals surface area contributed by atoms with Crippen LogP contribution in [0.25, 0.3) is 0 Å². The highest BCUT2D eigenvalue weighted by Gasteiger charge is 2.26. The molecule has 1 aromatic heterocycles. The van der Waals surface area contributed by atoms with Gasteiger partial charge in [0.2, 0.25) is 0 Å². The zero-order chi connectivity index (χ0) is 13.3. The number of nitrogens with zero attached hydrogens (tertiary/aromatic N) is 1. The average Bonchev–Trinajstić information content (AvgIpc) is 2.76. The molecule has 0 spiro atoms. The SMILES string of the molecule is CC[C@H]1C[C@@H](n2cc(C)c(=O)[nH]c2=O)C=C1C=O. The summed E-state index contributed by atoms with van der Waals surface area (Å²) in [5.74, 6) is 0.201. The highest BCUT2D eigenvalue weighted by molar-refractivity contribution is 5.75. The van der Waals surface area contributed by atoms with E-state index >= 15 is 0 Å². The van der Waals surface area contributed by atoms with Crippen LogP contribution < -0.4 is 11.2 Å². The minimum Gasteiger partial charge on any atom is -0.298 e. The fourth-order valence-electron chi connectivity index (χ4n) is 2.42. The van der Waals surface area contributed by atoms with E-state index in [1.165, 1.54) is 4.57 Å². The standard InChI is InChI=1S/C13H16N2O3/c1-3-9-4-11(5-10(9)7-16)15-6-8(2)12(17)14-13(15)18/h5-7,9,11H,3-4H2,1-2H3,(H,14,17,18)/t9-,11+/m0/s1. The molecule has 1 heterocycles. The lowest BCUT2D eigenvalue weighted by Crippen LogP contribution is -2.32. The number of allylic oxidation sites excluding steroid dienone is 2.